The molecule has 5 nitrogen and oxygen atoms in total. The quantitative estimate of drug-likeness (QED) is 0.808. The zero-order valence-electron chi connectivity index (χ0n) is 14.8. The number of ether oxygens (including phenoxy) is 2. The van der Waals surface area contributed by atoms with Crippen LogP contribution in [0.1, 0.15) is 18.0 Å². The lowest BCUT2D eigenvalue weighted by atomic mass is 10.0. The molecule has 138 valence electrons. The van der Waals surface area contributed by atoms with E-state index in [1.54, 1.807) is 12.1 Å². The molecule has 0 fully saturated rings. The van der Waals surface area contributed by atoms with Gasteiger partial charge in [-0.3, -0.25) is 9.69 Å². The Labute approximate surface area is 158 Å². The van der Waals surface area contributed by atoms with Crippen LogP contribution in [0.4, 0.5) is 0 Å². The third-order valence-corrected chi connectivity index (χ3v) is 4.48. The molecule has 1 atom stereocenters. The van der Waals surface area contributed by atoms with Gasteiger partial charge in [-0.2, -0.15) is 0 Å². The van der Waals surface area contributed by atoms with Crippen LogP contribution >= 0.6 is 11.6 Å². The van der Waals surface area contributed by atoms with E-state index in [1.807, 2.05) is 48.3 Å². The number of carbonyl (C=O) groups excluding carboxylic acids is 1. The Morgan fingerprint density at radius 3 is 3.00 bits per heavy atom. The summed E-state index contributed by atoms with van der Waals surface area (Å²) in [6.45, 7) is 2.07. The van der Waals surface area contributed by atoms with Gasteiger partial charge in [-0.05, 0) is 31.3 Å². The maximum Gasteiger partial charge on any atom is 0.234 e. The van der Waals surface area contributed by atoms with E-state index in [1.165, 1.54) is 0 Å². The van der Waals surface area contributed by atoms with Gasteiger partial charge < -0.3 is 14.8 Å². The highest BCUT2D eigenvalue weighted by atomic mass is 35.5. The van der Waals surface area contributed by atoms with E-state index in [0.29, 0.717) is 31.3 Å². The summed E-state index contributed by atoms with van der Waals surface area (Å²) < 4.78 is 11.3. The van der Waals surface area contributed by atoms with Crippen LogP contribution in [0, 0.1) is 0 Å². The van der Waals surface area contributed by atoms with E-state index in [0.717, 1.165) is 23.5 Å². The number of nitrogens with zero attached hydrogens (tertiary/aromatic N) is 1. The number of fused-ring (bicyclic) bond motifs is 1. The molecule has 1 aliphatic rings. The SMILES string of the molecule is CN(CCOc1cccc(Cl)c1)CC(=O)NC1CCOc2ccccc21. The summed E-state index contributed by atoms with van der Waals surface area (Å²) in [5.41, 5.74) is 1.04. The van der Waals surface area contributed by atoms with E-state index in [-0.39, 0.29) is 11.9 Å². The average molecular weight is 375 g/mol. The maximum atomic E-state index is 12.4. The maximum absolute atomic E-state index is 12.4. The lowest BCUT2D eigenvalue weighted by molar-refractivity contribution is -0.122. The number of hydrogen-bond donors (Lipinski definition) is 1. The molecule has 3 rings (SSSR count). The molecular formula is C20H23ClN2O3. The Bertz CT molecular complexity index is 753. The highest BCUT2D eigenvalue weighted by molar-refractivity contribution is 6.30. The number of benzene rings is 2. The highest BCUT2D eigenvalue weighted by Gasteiger charge is 2.22. The second-order valence-electron chi connectivity index (χ2n) is 6.34. The first kappa shape index (κ1) is 18.5. The fraction of sp³-hybridized carbons (Fsp3) is 0.350. The van der Waals surface area contributed by atoms with Crippen LogP contribution in [0.2, 0.25) is 5.02 Å². The molecule has 0 saturated heterocycles. The number of rotatable bonds is 7. The van der Waals surface area contributed by atoms with E-state index < -0.39 is 0 Å². The van der Waals surface area contributed by atoms with Crippen molar-refractivity contribution in [1.82, 2.24) is 10.2 Å². The van der Waals surface area contributed by atoms with Crippen LogP contribution in [-0.2, 0) is 4.79 Å². The molecule has 1 heterocycles. The summed E-state index contributed by atoms with van der Waals surface area (Å²) in [6.07, 6.45) is 0.782. The first-order valence-electron chi connectivity index (χ1n) is 8.70. The summed E-state index contributed by atoms with van der Waals surface area (Å²) in [4.78, 5) is 14.3. The topological polar surface area (TPSA) is 50.8 Å². The van der Waals surface area contributed by atoms with E-state index >= 15 is 0 Å². The number of carbonyl (C=O) groups is 1. The lowest BCUT2D eigenvalue weighted by Gasteiger charge is -2.27. The molecular weight excluding hydrogens is 352 g/mol. The summed E-state index contributed by atoms with van der Waals surface area (Å²) in [5.74, 6) is 1.58. The summed E-state index contributed by atoms with van der Waals surface area (Å²) >= 11 is 5.93. The third-order valence-electron chi connectivity index (χ3n) is 4.25. The smallest absolute Gasteiger partial charge is 0.234 e. The summed E-state index contributed by atoms with van der Waals surface area (Å²) in [7, 11) is 1.90. The monoisotopic (exact) mass is 374 g/mol. The molecule has 2 aromatic carbocycles. The Morgan fingerprint density at radius 1 is 1.31 bits per heavy atom. The molecule has 1 aliphatic heterocycles. The molecule has 6 heteroatoms. The van der Waals surface area contributed by atoms with Crippen LogP contribution in [-0.4, -0.2) is 44.2 Å². The van der Waals surface area contributed by atoms with Crippen molar-refractivity contribution in [3.05, 3.63) is 59.1 Å². The number of para-hydroxylation sites is 1. The number of likely N-dealkylation sites (N-methyl/N-ethyl adjacent to an activating group) is 1. The van der Waals surface area contributed by atoms with Gasteiger partial charge in [-0.15, -0.1) is 0 Å². The largest absolute Gasteiger partial charge is 0.493 e. The Morgan fingerprint density at radius 2 is 2.15 bits per heavy atom. The molecule has 2 aromatic rings. The zero-order chi connectivity index (χ0) is 18.4. The minimum absolute atomic E-state index is 0.00282. The normalized spacial score (nSPS) is 15.9. The highest BCUT2D eigenvalue weighted by Crippen LogP contribution is 2.31. The second-order valence-corrected chi connectivity index (χ2v) is 6.78. The predicted molar refractivity (Wildman–Crippen MR) is 102 cm³/mol. The van der Waals surface area contributed by atoms with Crippen molar-refractivity contribution in [2.45, 2.75) is 12.5 Å². The first-order valence-corrected chi connectivity index (χ1v) is 9.07. The zero-order valence-corrected chi connectivity index (χ0v) is 15.5. The van der Waals surface area contributed by atoms with Crippen molar-refractivity contribution in [3.8, 4) is 11.5 Å². The minimum atomic E-state index is -0.00282. The van der Waals surface area contributed by atoms with Crippen molar-refractivity contribution in [2.75, 3.05) is 33.4 Å². The molecule has 0 aliphatic carbocycles. The van der Waals surface area contributed by atoms with Gasteiger partial charge in [0.05, 0.1) is 19.2 Å². The van der Waals surface area contributed by atoms with Gasteiger partial charge in [-0.25, -0.2) is 0 Å². The van der Waals surface area contributed by atoms with Crippen LogP contribution in [0.3, 0.4) is 0 Å². The molecule has 0 bridgehead atoms. The number of amides is 1. The third kappa shape index (κ3) is 5.13. The van der Waals surface area contributed by atoms with Crippen LogP contribution in [0.25, 0.3) is 0 Å². The number of nitrogens with one attached hydrogen (secondary N) is 1. The van der Waals surface area contributed by atoms with Crippen molar-refractivity contribution in [1.29, 1.82) is 0 Å². The minimum Gasteiger partial charge on any atom is -0.493 e. The molecule has 1 unspecified atom stereocenters. The number of halogens is 1. The van der Waals surface area contributed by atoms with Crippen molar-refractivity contribution in [2.24, 2.45) is 0 Å². The van der Waals surface area contributed by atoms with Gasteiger partial charge in [-0.1, -0.05) is 35.9 Å². The fourth-order valence-corrected chi connectivity index (χ4v) is 3.11. The van der Waals surface area contributed by atoms with Gasteiger partial charge in [0.2, 0.25) is 5.91 Å². The lowest BCUT2D eigenvalue weighted by Crippen LogP contribution is -2.39. The van der Waals surface area contributed by atoms with Gasteiger partial charge >= 0.3 is 0 Å². The molecule has 0 radical (unpaired) electrons. The van der Waals surface area contributed by atoms with E-state index in [4.69, 9.17) is 21.1 Å². The van der Waals surface area contributed by atoms with Gasteiger partial charge in [0.15, 0.2) is 0 Å². The van der Waals surface area contributed by atoms with Crippen LogP contribution in [0.5, 0.6) is 11.5 Å². The van der Waals surface area contributed by atoms with E-state index in [9.17, 15) is 4.79 Å². The van der Waals surface area contributed by atoms with Gasteiger partial charge in [0, 0.05) is 23.6 Å². The second kappa shape index (κ2) is 8.92. The molecule has 1 amide bonds. The molecule has 0 spiro atoms. The van der Waals surface area contributed by atoms with E-state index in [2.05, 4.69) is 5.32 Å². The number of hydrogen-bond acceptors (Lipinski definition) is 4. The Balaban J connectivity index is 1.43. The van der Waals surface area contributed by atoms with Crippen molar-refractivity contribution >= 4 is 17.5 Å². The van der Waals surface area contributed by atoms with Gasteiger partial charge in [0.25, 0.3) is 0 Å². The Kier molecular flexibility index (Phi) is 6.36. The molecule has 26 heavy (non-hydrogen) atoms. The predicted octanol–water partition coefficient (Wildman–Crippen LogP) is 3.29. The molecule has 0 aromatic heterocycles. The van der Waals surface area contributed by atoms with Crippen molar-refractivity contribution in [3.63, 3.8) is 0 Å². The van der Waals surface area contributed by atoms with Gasteiger partial charge in [0.1, 0.15) is 18.1 Å². The molecule has 1 N–H and O–H groups in total. The Hall–Kier alpha value is -2.24. The van der Waals surface area contributed by atoms with Crippen molar-refractivity contribution < 1.29 is 14.3 Å². The summed E-state index contributed by atoms with van der Waals surface area (Å²) in [6, 6.07) is 15.1. The fourth-order valence-electron chi connectivity index (χ4n) is 2.93. The standard InChI is InChI=1S/C20H23ClN2O3/c1-23(10-12-25-16-6-4-5-15(21)13-16)14-20(24)22-18-9-11-26-19-8-3-2-7-17(18)19/h2-8,13,18H,9-12,14H2,1H3,(H,22,24). The average Bonchev–Trinajstić information content (AvgIpc) is 2.62. The molecule has 0 saturated carbocycles. The van der Waals surface area contributed by atoms with Crippen LogP contribution in [0.15, 0.2) is 48.5 Å². The summed E-state index contributed by atoms with van der Waals surface area (Å²) in [5, 5.41) is 3.75. The first-order chi connectivity index (χ1) is 12.6. The van der Waals surface area contributed by atoms with Crippen LogP contribution < -0.4 is 14.8 Å².